The van der Waals surface area contributed by atoms with E-state index in [4.69, 9.17) is 0 Å². The zero-order valence-corrected chi connectivity index (χ0v) is 15.9. The smallest absolute Gasteiger partial charge is 0.259 e. The molecule has 0 unspecified atom stereocenters. The molecule has 5 heteroatoms. The molecular weight excluding hydrogens is 340 g/mol. The first-order valence-corrected chi connectivity index (χ1v) is 9.45. The summed E-state index contributed by atoms with van der Waals surface area (Å²) in [5.74, 6) is 0.0711. The molecule has 2 N–H and O–H groups in total. The normalized spacial score (nSPS) is 14.5. The molecule has 0 radical (unpaired) electrons. The second-order valence-electron chi connectivity index (χ2n) is 7.36. The van der Waals surface area contributed by atoms with Crippen LogP contribution in [0.4, 0.5) is 5.69 Å². The van der Waals surface area contributed by atoms with E-state index in [1.54, 1.807) is 12.1 Å². The summed E-state index contributed by atoms with van der Waals surface area (Å²) in [6.07, 6.45) is 2.61. The first-order chi connectivity index (χ1) is 12.9. The molecule has 1 saturated heterocycles. The van der Waals surface area contributed by atoms with Gasteiger partial charge in [0.2, 0.25) is 5.91 Å². The number of carbonyl (C=O) groups is 2. The number of anilines is 1. The largest absolute Gasteiger partial charge is 0.507 e. The van der Waals surface area contributed by atoms with Crippen LogP contribution in [0.1, 0.15) is 60.5 Å². The van der Waals surface area contributed by atoms with Crippen LogP contribution in [0.5, 0.6) is 5.75 Å². The topological polar surface area (TPSA) is 69.6 Å². The molecule has 1 heterocycles. The van der Waals surface area contributed by atoms with Gasteiger partial charge in [0, 0.05) is 25.2 Å². The SMILES string of the molecule is CC(C)c1ccc(O)c(C(=O)Nc2cccc(CN3CCCCC3=O)c2)c1. The number of phenolic OH excluding ortho intramolecular Hbond substituents is 1. The van der Waals surface area contributed by atoms with Gasteiger partial charge in [-0.2, -0.15) is 0 Å². The number of hydrogen-bond donors (Lipinski definition) is 2. The Balaban J connectivity index is 1.73. The van der Waals surface area contributed by atoms with Gasteiger partial charge in [-0.25, -0.2) is 0 Å². The van der Waals surface area contributed by atoms with Gasteiger partial charge in [-0.05, 0) is 54.2 Å². The summed E-state index contributed by atoms with van der Waals surface area (Å²) < 4.78 is 0. The number of benzene rings is 2. The first kappa shape index (κ1) is 19.0. The Kier molecular flexibility index (Phi) is 5.79. The molecule has 5 nitrogen and oxygen atoms in total. The van der Waals surface area contributed by atoms with E-state index in [9.17, 15) is 14.7 Å². The third-order valence-corrected chi connectivity index (χ3v) is 4.91. The summed E-state index contributed by atoms with van der Waals surface area (Å²) in [6.45, 7) is 5.42. The predicted molar refractivity (Wildman–Crippen MR) is 106 cm³/mol. The van der Waals surface area contributed by atoms with E-state index in [1.807, 2.05) is 49.1 Å². The molecule has 0 saturated carbocycles. The van der Waals surface area contributed by atoms with E-state index in [1.165, 1.54) is 0 Å². The summed E-state index contributed by atoms with van der Waals surface area (Å²) in [7, 11) is 0. The summed E-state index contributed by atoms with van der Waals surface area (Å²) in [6, 6.07) is 12.6. The van der Waals surface area contributed by atoms with Crippen LogP contribution in [-0.2, 0) is 11.3 Å². The number of nitrogens with zero attached hydrogens (tertiary/aromatic N) is 1. The average molecular weight is 366 g/mol. The second-order valence-corrected chi connectivity index (χ2v) is 7.36. The lowest BCUT2D eigenvalue weighted by Crippen LogP contribution is -2.34. The van der Waals surface area contributed by atoms with Crippen LogP contribution in [0, 0.1) is 0 Å². The summed E-state index contributed by atoms with van der Waals surface area (Å²) in [5, 5.41) is 12.9. The van der Waals surface area contributed by atoms with Gasteiger partial charge in [0.25, 0.3) is 5.91 Å². The highest BCUT2D eigenvalue weighted by Crippen LogP contribution is 2.24. The third-order valence-electron chi connectivity index (χ3n) is 4.91. The zero-order chi connectivity index (χ0) is 19.4. The Hall–Kier alpha value is -2.82. The highest BCUT2D eigenvalue weighted by molar-refractivity contribution is 6.06. The fourth-order valence-electron chi connectivity index (χ4n) is 3.29. The maximum atomic E-state index is 12.6. The minimum Gasteiger partial charge on any atom is -0.507 e. The minimum atomic E-state index is -0.346. The molecule has 142 valence electrons. The van der Waals surface area contributed by atoms with Crippen LogP contribution < -0.4 is 5.32 Å². The first-order valence-electron chi connectivity index (χ1n) is 9.45. The van der Waals surface area contributed by atoms with Crippen molar-refractivity contribution in [1.29, 1.82) is 0 Å². The molecule has 27 heavy (non-hydrogen) atoms. The minimum absolute atomic E-state index is 0.0352. The number of piperidine rings is 1. The Bertz CT molecular complexity index is 845. The maximum Gasteiger partial charge on any atom is 0.259 e. The highest BCUT2D eigenvalue weighted by atomic mass is 16.3. The molecule has 1 aliphatic rings. The molecule has 0 aliphatic carbocycles. The number of nitrogens with one attached hydrogen (secondary N) is 1. The summed E-state index contributed by atoms with van der Waals surface area (Å²) in [4.78, 5) is 26.5. The Morgan fingerprint density at radius 2 is 2.00 bits per heavy atom. The molecule has 0 atom stereocenters. The van der Waals surface area contributed by atoms with Gasteiger partial charge in [-0.1, -0.05) is 32.0 Å². The fraction of sp³-hybridized carbons (Fsp3) is 0.364. The number of phenols is 1. The van der Waals surface area contributed by atoms with Gasteiger partial charge in [-0.15, -0.1) is 0 Å². The van der Waals surface area contributed by atoms with Gasteiger partial charge in [0.05, 0.1) is 5.56 Å². The quantitative estimate of drug-likeness (QED) is 0.830. The molecule has 2 aromatic rings. The lowest BCUT2D eigenvalue weighted by molar-refractivity contribution is -0.133. The van der Waals surface area contributed by atoms with Crippen molar-refractivity contribution in [2.75, 3.05) is 11.9 Å². The van der Waals surface area contributed by atoms with E-state index in [2.05, 4.69) is 5.32 Å². The molecular formula is C22H26N2O3. The molecule has 0 aromatic heterocycles. The van der Waals surface area contributed by atoms with Crippen molar-refractivity contribution in [2.45, 2.75) is 45.6 Å². The third kappa shape index (κ3) is 4.67. The average Bonchev–Trinajstić information content (AvgIpc) is 2.64. The molecule has 2 amide bonds. The van der Waals surface area contributed by atoms with E-state index in [0.29, 0.717) is 18.7 Å². The summed E-state index contributed by atoms with van der Waals surface area (Å²) in [5.41, 5.74) is 2.88. The standard InChI is InChI=1S/C22H26N2O3/c1-15(2)17-9-10-20(25)19(13-17)22(27)23-18-7-5-6-16(12-18)14-24-11-4-3-8-21(24)26/h5-7,9-10,12-13,15,25H,3-4,8,11,14H2,1-2H3,(H,23,27). The Labute approximate surface area is 160 Å². The van der Waals surface area contributed by atoms with Gasteiger partial charge in [0.15, 0.2) is 0 Å². The van der Waals surface area contributed by atoms with Crippen LogP contribution in [0.3, 0.4) is 0 Å². The van der Waals surface area contributed by atoms with Crippen molar-refractivity contribution in [1.82, 2.24) is 4.90 Å². The number of amides is 2. The fourth-order valence-corrected chi connectivity index (χ4v) is 3.29. The van der Waals surface area contributed by atoms with Crippen LogP contribution in [0.15, 0.2) is 42.5 Å². The number of hydrogen-bond acceptors (Lipinski definition) is 3. The zero-order valence-electron chi connectivity index (χ0n) is 15.9. The molecule has 1 aliphatic heterocycles. The lowest BCUT2D eigenvalue weighted by atomic mass is 10.00. The van der Waals surface area contributed by atoms with Crippen molar-refractivity contribution in [3.63, 3.8) is 0 Å². The van der Waals surface area contributed by atoms with Crippen molar-refractivity contribution in [2.24, 2.45) is 0 Å². The maximum absolute atomic E-state index is 12.6. The van der Waals surface area contributed by atoms with Crippen molar-refractivity contribution in [3.8, 4) is 5.75 Å². The molecule has 0 spiro atoms. The van der Waals surface area contributed by atoms with Crippen molar-refractivity contribution >= 4 is 17.5 Å². The second kappa shape index (κ2) is 8.25. The van der Waals surface area contributed by atoms with Crippen LogP contribution in [0.2, 0.25) is 0 Å². The number of rotatable bonds is 5. The molecule has 3 rings (SSSR count). The van der Waals surface area contributed by atoms with Gasteiger partial charge in [-0.3, -0.25) is 9.59 Å². The van der Waals surface area contributed by atoms with Gasteiger partial charge < -0.3 is 15.3 Å². The van der Waals surface area contributed by atoms with Crippen LogP contribution >= 0.6 is 0 Å². The number of carbonyl (C=O) groups excluding carboxylic acids is 2. The number of likely N-dealkylation sites (tertiary alicyclic amines) is 1. The van der Waals surface area contributed by atoms with Crippen molar-refractivity contribution < 1.29 is 14.7 Å². The predicted octanol–water partition coefficient (Wildman–Crippen LogP) is 4.28. The Morgan fingerprint density at radius 3 is 2.74 bits per heavy atom. The van der Waals surface area contributed by atoms with Gasteiger partial charge in [0.1, 0.15) is 5.75 Å². The van der Waals surface area contributed by atoms with E-state index in [0.717, 1.165) is 30.5 Å². The van der Waals surface area contributed by atoms with Gasteiger partial charge >= 0.3 is 0 Å². The van der Waals surface area contributed by atoms with E-state index < -0.39 is 0 Å². The highest BCUT2D eigenvalue weighted by Gasteiger charge is 2.18. The molecule has 0 bridgehead atoms. The summed E-state index contributed by atoms with van der Waals surface area (Å²) >= 11 is 0. The van der Waals surface area contributed by atoms with E-state index >= 15 is 0 Å². The molecule has 1 fully saturated rings. The van der Waals surface area contributed by atoms with Crippen molar-refractivity contribution in [3.05, 3.63) is 59.2 Å². The van der Waals surface area contributed by atoms with Crippen LogP contribution in [-0.4, -0.2) is 28.4 Å². The monoisotopic (exact) mass is 366 g/mol. The Morgan fingerprint density at radius 1 is 1.19 bits per heavy atom. The number of aromatic hydroxyl groups is 1. The molecule has 2 aromatic carbocycles. The lowest BCUT2D eigenvalue weighted by Gasteiger charge is -2.26. The van der Waals surface area contributed by atoms with E-state index in [-0.39, 0.29) is 29.0 Å². The van der Waals surface area contributed by atoms with Crippen LogP contribution in [0.25, 0.3) is 0 Å².